The first kappa shape index (κ1) is 17.9. The molecule has 0 radical (unpaired) electrons. The maximum atomic E-state index is 5.91. The van der Waals surface area contributed by atoms with E-state index in [0.717, 1.165) is 32.5 Å². The fourth-order valence-corrected chi connectivity index (χ4v) is 1.88. The lowest BCUT2D eigenvalue weighted by molar-refractivity contribution is -0.228. The van der Waals surface area contributed by atoms with E-state index in [9.17, 15) is 0 Å². The van der Waals surface area contributed by atoms with Gasteiger partial charge in [0.1, 0.15) is 0 Å². The zero-order valence-electron chi connectivity index (χ0n) is 13.1. The minimum absolute atomic E-state index is 0.363. The van der Waals surface area contributed by atoms with Crippen LogP contribution in [0.4, 0.5) is 0 Å². The smallest absolute Gasteiger partial charge is 0.165 e. The van der Waals surface area contributed by atoms with Crippen molar-refractivity contribution in [3.05, 3.63) is 0 Å². The van der Waals surface area contributed by atoms with Crippen LogP contribution in [0, 0.1) is 0 Å². The Balaban J connectivity index is 3.60. The SMILES string of the molecule is CCCCCCOC(C)(CC)OCCCCCC. The predicted molar refractivity (Wildman–Crippen MR) is 78.9 cm³/mol. The average molecular weight is 258 g/mol. The van der Waals surface area contributed by atoms with E-state index in [2.05, 4.69) is 27.7 Å². The molecular weight excluding hydrogens is 224 g/mol. The summed E-state index contributed by atoms with van der Waals surface area (Å²) < 4.78 is 11.8. The van der Waals surface area contributed by atoms with Gasteiger partial charge in [0.15, 0.2) is 5.79 Å². The lowest BCUT2D eigenvalue weighted by Gasteiger charge is -2.29. The molecule has 0 unspecified atom stereocenters. The van der Waals surface area contributed by atoms with Crippen LogP contribution in [0.15, 0.2) is 0 Å². The molecule has 2 nitrogen and oxygen atoms in total. The Morgan fingerprint density at radius 2 is 1.11 bits per heavy atom. The van der Waals surface area contributed by atoms with Gasteiger partial charge in [0.2, 0.25) is 0 Å². The summed E-state index contributed by atoms with van der Waals surface area (Å²) in [5.74, 6) is -0.363. The third-order valence-electron chi connectivity index (χ3n) is 3.45. The lowest BCUT2D eigenvalue weighted by atomic mass is 10.2. The fraction of sp³-hybridized carbons (Fsp3) is 1.00. The molecular formula is C16H34O2. The van der Waals surface area contributed by atoms with E-state index in [1.54, 1.807) is 0 Å². The second kappa shape index (κ2) is 12.0. The number of hydrogen-bond acceptors (Lipinski definition) is 2. The minimum Gasteiger partial charge on any atom is -0.350 e. The quantitative estimate of drug-likeness (QED) is 0.329. The first-order chi connectivity index (χ1) is 8.68. The molecule has 0 bridgehead atoms. The summed E-state index contributed by atoms with van der Waals surface area (Å²) in [6.45, 7) is 10.3. The molecule has 0 spiro atoms. The van der Waals surface area contributed by atoms with Crippen LogP contribution in [0.5, 0.6) is 0 Å². The Kier molecular flexibility index (Phi) is 11.9. The zero-order valence-corrected chi connectivity index (χ0v) is 13.1. The van der Waals surface area contributed by atoms with Gasteiger partial charge in [-0.25, -0.2) is 0 Å². The molecule has 0 aliphatic carbocycles. The summed E-state index contributed by atoms with van der Waals surface area (Å²) in [5.41, 5.74) is 0. The molecule has 0 saturated heterocycles. The second-order valence-corrected chi connectivity index (χ2v) is 5.31. The highest BCUT2D eigenvalue weighted by molar-refractivity contribution is 4.60. The number of hydrogen-bond donors (Lipinski definition) is 0. The van der Waals surface area contributed by atoms with Crippen molar-refractivity contribution in [3.63, 3.8) is 0 Å². The van der Waals surface area contributed by atoms with Gasteiger partial charge in [0.25, 0.3) is 0 Å². The van der Waals surface area contributed by atoms with Crippen LogP contribution >= 0.6 is 0 Å². The van der Waals surface area contributed by atoms with E-state index >= 15 is 0 Å². The summed E-state index contributed by atoms with van der Waals surface area (Å²) >= 11 is 0. The highest BCUT2D eigenvalue weighted by Crippen LogP contribution is 2.18. The molecule has 0 aliphatic heterocycles. The average Bonchev–Trinajstić information content (AvgIpc) is 2.38. The van der Waals surface area contributed by atoms with E-state index in [1.807, 2.05) is 0 Å². The molecule has 0 rings (SSSR count). The van der Waals surface area contributed by atoms with Crippen molar-refractivity contribution in [1.29, 1.82) is 0 Å². The molecule has 0 amide bonds. The summed E-state index contributed by atoms with van der Waals surface area (Å²) in [6, 6.07) is 0. The molecule has 0 aromatic heterocycles. The van der Waals surface area contributed by atoms with Gasteiger partial charge in [0.05, 0.1) is 13.2 Å². The maximum absolute atomic E-state index is 5.91. The van der Waals surface area contributed by atoms with Crippen LogP contribution in [0.3, 0.4) is 0 Å². The van der Waals surface area contributed by atoms with Gasteiger partial charge in [-0.3, -0.25) is 0 Å². The normalized spacial score (nSPS) is 12.0. The van der Waals surface area contributed by atoms with Crippen molar-refractivity contribution < 1.29 is 9.47 Å². The van der Waals surface area contributed by atoms with Gasteiger partial charge in [0, 0.05) is 0 Å². The van der Waals surface area contributed by atoms with E-state index in [-0.39, 0.29) is 5.79 Å². The van der Waals surface area contributed by atoms with Gasteiger partial charge in [-0.05, 0) is 26.2 Å². The van der Waals surface area contributed by atoms with Crippen molar-refractivity contribution in [2.24, 2.45) is 0 Å². The zero-order chi connectivity index (χ0) is 13.7. The van der Waals surface area contributed by atoms with Crippen molar-refractivity contribution in [1.82, 2.24) is 0 Å². The van der Waals surface area contributed by atoms with E-state index in [4.69, 9.17) is 9.47 Å². The molecule has 0 heterocycles. The van der Waals surface area contributed by atoms with Crippen LogP contribution in [-0.4, -0.2) is 19.0 Å². The number of rotatable bonds is 13. The van der Waals surface area contributed by atoms with E-state index < -0.39 is 0 Å². The Bertz CT molecular complexity index is 154. The summed E-state index contributed by atoms with van der Waals surface area (Å²) in [5, 5.41) is 0. The Hall–Kier alpha value is -0.0800. The summed E-state index contributed by atoms with van der Waals surface area (Å²) in [7, 11) is 0. The van der Waals surface area contributed by atoms with Crippen LogP contribution in [0.25, 0.3) is 0 Å². The van der Waals surface area contributed by atoms with E-state index in [0.29, 0.717) is 0 Å². The molecule has 0 atom stereocenters. The first-order valence-electron chi connectivity index (χ1n) is 7.96. The molecule has 110 valence electrons. The Morgan fingerprint density at radius 1 is 0.667 bits per heavy atom. The molecule has 0 aromatic carbocycles. The van der Waals surface area contributed by atoms with Gasteiger partial charge in [-0.2, -0.15) is 0 Å². The molecule has 0 saturated carbocycles. The number of unbranched alkanes of at least 4 members (excludes halogenated alkanes) is 6. The largest absolute Gasteiger partial charge is 0.350 e. The molecule has 18 heavy (non-hydrogen) atoms. The van der Waals surface area contributed by atoms with Gasteiger partial charge in [-0.1, -0.05) is 59.3 Å². The fourth-order valence-electron chi connectivity index (χ4n) is 1.88. The van der Waals surface area contributed by atoms with Gasteiger partial charge < -0.3 is 9.47 Å². The Labute approximate surface area is 114 Å². The second-order valence-electron chi connectivity index (χ2n) is 5.31. The third kappa shape index (κ3) is 9.90. The first-order valence-corrected chi connectivity index (χ1v) is 7.96. The van der Waals surface area contributed by atoms with Crippen molar-refractivity contribution in [2.45, 2.75) is 91.3 Å². The molecule has 0 N–H and O–H groups in total. The highest BCUT2D eigenvalue weighted by atomic mass is 16.7. The summed E-state index contributed by atoms with van der Waals surface area (Å²) in [4.78, 5) is 0. The van der Waals surface area contributed by atoms with Crippen LogP contribution in [0.2, 0.25) is 0 Å². The standard InChI is InChI=1S/C16H34O2/c1-5-8-10-12-14-17-16(4,7-3)18-15-13-11-9-6-2/h5-15H2,1-4H3. The van der Waals surface area contributed by atoms with Crippen LogP contribution in [-0.2, 0) is 9.47 Å². The van der Waals surface area contributed by atoms with Crippen LogP contribution < -0.4 is 0 Å². The lowest BCUT2D eigenvalue weighted by Crippen LogP contribution is -2.32. The van der Waals surface area contributed by atoms with Crippen molar-refractivity contribution in [3.8, 4) is 0 Å². The van der Waals surface area contributed by atoms with Crippen molar-refractivity contribution in [2.75, 3.05) is 13.2 Å². The monoisotopic (exact) mass is 258 g/mol. The van der Waals surface area contributed by atoms with E-state index in [1.165, 1.54) is 38.5 Å². The third-order valence-corrected chi connectivity index (χ3v) is 3.45. The van der Waals surface area contributed by atoms with Crippen molar-refractivity contribution >= 4 is 0 Å². The number of ether oxygens (including phenoxy) is 2. The molecule has 0 fully saturated rings. The van der Waals surface area contributed by atoms with Crippen LogP contribution in [0.1, 0.15) is 85.5 Å². The topological polar surface area (TPSA) is 18.5 Å². The predicted octanol–water partition coefficient (Wildman–Crippen LogP) is 5.31. The molecule has 2 heteroatoms. The Morgan fingerprint density at radius 3 is 1.44 bits per heavy atom. The summed E-state index contributed by atoms with van der Waals surface area (Å²) in [6.07, 6.45) is 10.9. The minimum atomic E-state index is -0.363. The van der Waals surface area contributed by atoms with Gasteiger partial charge in [-0.15, -0.1) is 0 Å². The molecule has 0 aromatic rings. The molecule has 0 aliphatic rings. The highest BCUT2D eigenvalue weighted by Gasteiger charge is 2.22. The van der Waals surface area contributed by atoms with Gasteiger partial charge >= 0.3 is 0 Å². The maximum Gasteiger partial charge on any atom is 0.165 e.